The van der Waals surface area contributed by atoms with Crippen LogP contribution in [0.4, 0.5) is 5.69 Å². The van der Waals surface area contributed by atoms with Crippen LogP contribution in [0.1, 0.15) is 11.1 Å². The molecule has 0 bridgehead atoms. The Kier molecular flexibility index (Phi) is 4.52. The average Bonchev–Trinajstić information content (AvgIpc) is 2.43. The number of rotatable bonds is 3. The van der Waals surface area contributed by atoms with Gasteiger partial charge in [-0.05, 0) is 46.6 Å². The second-order valence-corrected chi connectivity index (χ2v) is 7.11. The van der Waals surface area contributed by atoms with Crippen molar-refractivity contribution in [3.8, 4) is 6.07 Å². The summed E-state index contributed by atoms with van der Waals surface area (Å²) < 4.78 is 27.8. The van der Waals surface area contributed by atoms with Gasteiger partial charge in [0.2, 0.25) is 0 Å². The van der Waals surface area contributed by atoms with Gasteiger partial charge in [-0.2, -0.15) is 5.26 Å². The molecule has 1 heterocycles. The van der Waals surface area contributed by atoms with E-state index in [9.17, 15) is 8.42 Å². The topological polar surface area (TPSA) is 82.8 Å². The van der Waals surface area contributed by atoms with E-state index in [2.05, 4.69) is 25.6 Å². The molecule has 0 fully saturated rings. The number of aromatic nitrogens is 1. The van der Waals surface area contributed by atoms with Crippen molar-refractivity contribution in [2.75, 3.05) is 4.72 Å². The molecule has 5 nitrogen and oxygen atoms in total. The van der Waals surface area contributed by atoms with Crippen molar-refractivity contribution in [1.29, 1.82) is 5.26 Å². The molecule has 2 aromatic rings. The van der Waals surface area contributed by atoms with Gasteiger partial charge < -0.3 is 0 Å². The normalized spacial score (nSPS) is 11.0. The van der Waals surface area contributed by atoms with E-state index in [1.165, 1.54) is 18.3 Å². The molecule has 0 saturated heterocycles. The van der Waals surface area contributed by atoms with Crippen molar-refractivity contribution >= 4 is 43.2 Å². The number of nitriles is 1. The summed E-state index contributed by atoms with van der Waals surface area (Å²) >= 11 is 9.08. The molecule has 0 saturated carbocycles. The maximum Gasteiger partial charge on any atom is 0.262 e. The summed E-state index contributed by atoms with van der Waals surface area (Å²) in [4.78, 5) is 3.88. The molecule has 8 heteroatoms. The summed E-state index contributed by atoms with van der Waals surface area (Å²) in [5.74, 6) is 0. The van der Waals surface area contributed by atoms with Crippen molar-refractivity contribution in [2.24, 2.45) is 0 Å². The van der Waals surface area contributed by atoms with E-state index >= 15 is 0 Å². The fraction of sp³-hybridized carbons (Fsp3) is 0.0769. The lowest BCUT2D eigenvalue weighted by Crippen LogP contribution is -2.15. The van der Waals surface area contributed by atoms with Gasteiger partial charge >= 0.3 is 0 Å². The molecule has 0 atom stereocenters. The predicted octanol–water partition coefficient (Wildman–Crippen LogP) is 3.48. The third kappa shape index (κ3) is 3.53. The zero-order chi connectivity index (χ0) is 15.6. The maximum atomic E-state index is 12.4. The van der Waals surface area contributed by atoms with Gasteiger partial charge in [0.1, 0.15) is 0 Å². The third-order valence-electron chi connectivity index (χ3n) is 2.66. The number of hydrogen-bond donors (Lipinski definition) is 1. The highest BCUT2D eigenvalue weighted by atomic mass is 79.9. The van der Waals surface area contributed by atoms with Crippen molar-refractivity contribution in [3.05, 3.63) is 51.2 Å². The summed E-state index contributed by atoms with van der Waals surface area (Å²) in [5, 5.41) is 8.92. The first-order valence-electron chi connectivity index (χ1n) is 5.68. The minimum atomic E-state index is -3.86. The predicted molar refractivity (Wildman–Crippen MR) is 83.6 cm³/mol. The van der Waals surface area contributed by atoms with E-state index in [4.69, 9.17) is 16.9 Å². The second-order valence-electron chi connectivity index (χ2n) is 4.19. The zero-order valence-corrected chi connectivity index (χ0v) is 13.9. The smallest absolute Gasteiger partial charge is 0.262 e. The van der Waals surface area contributed by atoms with Crippen LogP contribution in [0.2, 0.25) is 5.15 Å². The van der Waals surface area contributed by atoms with Crippen LogP contribution in [-0.4, -0.2) is 13.4 Å². The first-order valence-corrected chi connectivity index (χ1v) is 8.33. The highest BCUT2D eigenvalue weighted by Crippen LogP contribution is 2.27. The highest BCUT2D eigenvalue weighted by molar-refractivity contribution is 9.10. The Hall–Kier alpha value is -1.62. The molecule has 0 aliphatic rings. The molecule has 108 valence electrons. The van der Waals surface area contributed by atoms with Crippen LogP contribution < -0.4 is 4.72 Å². The SMILES string of the molecule is Cc1ccc(C#N)cc1S(=O)(=O)Nc1cc(Br)cnc1Cl. The number of hydrogen-bond acceptors (Lipinski definition) is 4. The maximum absolute atomic E-state index is 12.4. The number of aryl methyl sites for hydroxylation is 1. The molecule has 0 aliphatic carbocycles. The fourth-order valence-electron chi connectivity index (χ4n) is 1.65. The van der Waals surface area contributed by atoms with Crippen LogP contribution in [0.15, 0.2) is 39.8 Å². The Morgan fingerprint density at radius 1 is 1.38 bits per heavy atom. The van der Waals surface area contributed by atoms with Gasteiger partial charge in [0.25, 0.3) is 10.0 Å². The summed E-state index contributed by atoms with van der Waals surface area (Å²) in [7, 11) is -3.86. The van der Waals surface area contributed by atoms with Crippen molar-refractivity contribution in [3.63, 3.8) is 0 Å². The quantitative estimate of drug-likeness (QED) is 0.819. The molecule has 0 unspecified atom stereocenters. The van der Waals surface area contributed by atoms with E-state index in [0.29, 0.717) is 10.0 Å². The lowest BCUT2D eigenvalue weighted by atomic mass is 10.2. The molecule has 0 amide bonds. The van der Waals surface area contributed by atoms with Crippen molar-refractivity contribution in [2.45, 2.75) is 11.8 Å². The molecule has 1 N–H and O–H groups in total. The number of benzene rings is 1. The van der Waals surface area contributed by atoms with Crippen LogP contribution >= 0.6 is 27.5 Å². The van der Waals surface area contributed by atoms with Gasteiger partial charge in [-0.3, -0.25) is 4.72 Å². The summed E-state index contributed by atoms with van der Waals surface area (Å²) in [6, 6.07) is 7.87. The summed E-state index contributed by atoms with van der Waals surface area (Å²) in [6.45, 7) is 1.65. The Labute approximate surface area is 135 Å². The Morgan fingerprint density at radius 2 is 2.10 bits per heavy atom. The lowest BCUT2D eigenvalue weighted by Gasteiger charge is -2.11. The van der Waals surface area contributed by atoms with Crippen LogP contribution in [-0.2, 0) is 10.0 Å². The highest BCUT2D eigenvalue weighted by Gasteiger charge is 2.19. The van der Waals surface area contributed by atoms with E-state index in [1.54, 1.807) is 19.1 Å². The minimum Gasteiger partial charge on any atom is -0.276 e. The van der Waals surface area contributed by atoms with Crippen molar-refractivity contribution in [1.82, 2.24) is 4.98 Å². The zero-order valence-electron chi connectivity index (χ0n) is 10.8. The molecular weight excluding hydrogens is 378 g/mol. The lowest BCUT2D eigenvalue weighted by molar-refractivity contribution is 0.600. The van der Waals surface area contributed by atoms with Gasteiger partial charge in [0.05, 0.1) is 22.2 Å². The number of sulfonamides is 1. The number of anilines is 1. The molecular formula is C13H9BrClN3O2S. The van der Waals surface area contributed by atoms with Crippen LogP contribution in [0, 0.1) is 18.3 Å². The van der Waals surface area contributed by atoms with Crippen molar-refractivity contribution < 1.29 is 8.42 Å². The monoisotopic (exact) mass is 385 g/mol. The number of nitrogens with zero attached hydrogens (tertiary/aromatic N) is 2. The number of nitrogens with one attached hydrogen (secondary N) is 1. The summed E-state index contributed by atoms with van der Waals surface area (Å²) in [6.07, 6.45) is 1.46. The summed E-state index contributed by atoms with van der Waals surface area (Å²) in [5.41, 5.74) is 0.952. The third-order valence-corrected chi connectivity index (χ3v) is 4.90. The van der Waals surface area contributed by atoms with Crippen LogP contribution in [0.5, 0.6) is 0 Å². The first kappa shape index (κ1) is 15.8. The molecule has 2 rings (SSSR count). The number of halogens is 2. The molecule has 0 spiro atoms. The largest absolute Gasteiger partial charge is 0.276 e. The van der Waals surface area contributed by atoms with Gasteiger partial charge in [-0.25, -0.2) is 13.4 Å². The van der Waals surface area contributed by atoms with E-state index in [1.807, 2.05) is 6.07 Å². The molecule has 21 heavy (non-hydrogen) atoms. The van der Waals surface area contributed by atoms with Gasteiger partial charge in [0, 0.05) is 10.7 Å². The van der Waals surface area contributed by atoms with Crippen LogP contribution in [0.3, 0.4) is 0 Å². The fourth-order valence-corrected chi connectivity index (χ4v) is 3.52. The van der Waals surface area contributed by atoms with Crippen LogP contribution in [0.25, 0.3) is 0 Å². The minimum absolute atomic E-state index is 0.0255. The van der Waals surface area contributed by atoms with E-state index < -0.39 is 10.0 Å². The van der Waals surface area contributed by atoms with Gasteiger partial charge in [-0.15, -0.1) is 0 Å². The molecule has 1 aromatic heterocycles. The van der Waals surface area contributed by atoms with Gasteiger partial charge in [0.15, 0.2) is 5.15 Å². The Morgan fingerprint density at radius 3 is 2.76 bits per heavy atom. The first-order chi connectivity index (χ1) is 9.83. The number of pyridine rings is 1. The molecule has 0 aliphatic heterocycles. The van der Waals surface area contributed by atoms with E-state index in [-0.39, 0.29) is 21.3 Å². The van der Waals surface area contributed by atoms with Gasteiger partial charge in [-0.1, -0.05) is 17.7 Å². The molecule has 1 aromatic carbocycles. The molecule has 0 radical (unpaired) electrons. The Bertz CT molecular complexity index is 847. The Balaban J connectivity index is 2.48. The standard InChI is InChI=1S/C13H9BrClN3O2S/c1-8-2-3-9(6-16)4-12(8)21(19,20)18-11-5-10(14)7-17-13(11)15/h2-5,7,18H,1H3. The second kappa shape index (κ2) is 6.02. The van der Waals surface area contributed by atoms with E-state index in [0.717, 1.165) is 0 Å². The average molecular weight is 387 g/mol.